The molecular weight excluding hydrogens is 572 g/mol. The molecule has 0 aliphatic carbocycles. The summed E-state index contributed by atoms with van der Waals surface area (Å²) in [5.41, 5.74) is 1.78. The zero-order valence-corrected chi connectivity index (χ0v) is 23.6. The summed E-state index contributed by atoms with van der Waals surface area (Å²) < 4.78 is 59.8. The second kappa shape index (κ2) is 10.9. The molecule has 0 unspecified atom stereocenters. The first-order valence-corrected chi connectivity index (χ1v) is 15.3. The van der Waals surface area contributed by atoms with Gasteiger partial charge in [0.1, 0.15) is 5.52 Å². The smallest absolute Gasteiger partial charge is 0.262 e. The molecule has 2 N–H and O–H groups in total. The maximum absolute atomic E-state index is 12.8. The van der Waals surface area contributed by atoms with Crippen molar-refractivity contribution < 1.29 is 26.0 Å². The lowest BCUT2D eigenvalue weighted by Gasteiger charge is -2.15. The Balaban J connectivity index is 1.44. The Labute approximate surface area is 229 Å². The number of aryl methyl sites for hydroxylation is 1. The summed E-state index contributed by atoms with van der Waals surface area (Å²) in [6.45, 7) is 1.68. The molecule has 200 valence electrons. The van der Waals surface area contributed by atoms with E-state index < -0.39 is 26.0 Å². The summed E-state index contributed by atoms with van der Waals surface area (Å²) in [6, 6.07) is 15.3. The minimum Gasteiger partial charge on any atom is -0.431 e. The predicted octanol–water partition coefficient (Wildman–Crippen LogP) is 4.57. The zero-order valence-electron chi connectivity index (χ0n) is 20.4. The van der Waals surface area contributed by atoms with Crippen molar-refractivity contribution in [1.29, 1.82) is 0 Å². The van der Waals surface area contributed by atoms with Gasteiger partial charge in [0.2, 0.25) is 15.9 Å². The molecule has 14 heteroatoms. The van der Waals surface area contributed by atoms with Crippen LogP contribution in [-0.2, 0) is 24.8 Å². The molecule has 3 aromatic carbocycles. The topological polar surface area (TPSA) is 139 Å². The highest BCUT2D eigenvalue weighted by Gasteiger charge is 2.21. The Kier molecular flexibility index (Phi) is 8.04. The van der Waals surface area contributed by atoms with Crippen molar-refractivity contribution in [3.8, 4) is 0 Å². The van der Waals surface area contributed by atoms with Gasteiger partial charge in [0.15, 0.2) is 5.58 Å². The Hall–Kier alpha value is -3.10. The Morgan fingerprint density at radius 1 is 1.05 bits per heavy atom. The summed E-state index contributed by atoms with van der Waals surface area (Å²) in [7, 11) is -4.74. The number of halogens is 1. The quantitative estimate of drug-likeness (QED) is 0.269. The largest absolute Gasteiger partial charge is 0.431 e. The number of amides is 1. The molecule has 4 rings (SSSR count). The van der Waals surface area contributed by atoms with Gasteiger partial charge in [-0.1, -0.05) is 41.6 Å². The van der Waals surface area contributed by atoms with Gasteiger partial charge in [-0.25, -0.2) is 26.1 Å². The van der Waals surface area contributed by atoms with Crippen molar-refractivity contribution >= 4 is 71.8 Å². The summed E-state index contributed by atoms with van der Waals surface area (Å²) in [4.78, 5) is 16.9. The summed E-state index contributed by atoms with van der Waals surface area (Å²) >= 11 is 7.07. The van der Waals surface area contributed by atoms with E-state index in [-0.39, 0.29) is 31.5 Å². The number of hydrogen-bond acceptors (Lipinski definition) is 8. The van der Waals surface area contributed by atoms with Gasteiger partial charge in [0.25, 0.3) is 15.2 Å². The fourth-order valence-corrected chi connectivity index (χ4v) is 6.46. The molecule has 0 atom stereocenters. The van der Waals surface area contributed by atoms with Crippen molar-refractivity contribution in [3.63, 3.8) is 0 Å². The molecule has 1 aromatic heterocycles. The van der Waals surface area contributed by atoms with Crippen LogP contribution in [0.1, 0.15) is 5.56 Å². The highest BCUT2D eigenvalue weighted by Crippen LogP contribution is 2.28. The fraction of sp³-hybridized carbons (Fsp3) is 0.167. The van der Waals surface area contributed by atoms with E-state index in [1.54, 1.807) is 43.3 Å². The lowest BCUT2D eigenvalue weighted by molar-refractivity contribution is -0.113. The van der Waals surface area contributed by atoms with Gasteiger partial charge in [-0.15, -0.1) is 0 Å². The van der Waals surface area contributed by atoms with E-state index in [0.29, 0.717) is 22.4 Å². The first-order valence-electron chi connectivity index (χ1n) is 11.0. The number of carbonyl (C=O) groups is 1. The van der Waals surface area contributed by atoms with E-state index in [1.165, 1.54) is 38.4 Å². The normalized spacial score (nSPS) is 12.1. The van der Waals surface area contributed by atoms with Crippen LogP contribution in [0.25, 0.3) is 11.1 Å². The van der Waals surface area contributed by atoms with Gasteiger partial charge >= 0.3 is 0 Å². The van der Waals surface area contributed by atoms with Crippen LogP contribution in [0.3, 0.4) is 0 Å². The van der Waals surface area contributed by atoms with E-state index in [0.717, 1.165) is 16.1 Å². The van der Waals surface area contributed by atoms with Crippen LogP contribution in [0.5, 0.6) is 0 Å². The molecule has 1 amide bonds. The van der Waals surface area contributed by atoms with E-state index in [2.05, 4.69) is 15.0 Å². The average molecular weight is 595 g/mol. The van der Waals surface area contributed by atoms with Gasteiger partial charge in [-0.3, -0.25) is 9.52 Å². The predicted molar refractivity (Wildman–Crippen MR) is 148 cm³/mol. The number of hydrogen-bond donors (Lipinski definition) is 2. The van der Waals surface area contributed by atoms with Gasteiger partial charge in [0, 0.05) is 19.8 Å². The number of benzene rings is 3. The van der Waals surface area contributed by atoms with Crippen molar-refractivity contribution in [3.05, 3.63) is 71.2 Å². The molecule has 0 saturated heterocycles. The van der Waals surface area contributed by atoms with Gasteiger partial charge < -0.3 is 9.73 Å². The summed E-state index contributed by atoms with van der Waals surface area (Å²) in [5.74, 6) is -0.475. The number of aromatic nitrogens is 1. The third kappa shape index (κ3) is 6.13. The van der Waals surface area contributed by atoms with Crippen LogP contribution in [0.2, 0.25) is 5.02 Å². The molecule has 10 nitrogen and oxygen atoms in total. The maximum Gasteiger partial charge on any atom is 0.262 e. The van der Waals surface area contributed by atoms with E-state index >= 15 is 0 Å². The highest BCUT2D eigenvalue weighted by atomic mass is 35.5. The maximum atomic E-state index is 12.8. The highest BCUT2D eigenvalue weighted by molar-refractivity contribution is 7.99. The Morgan fingerprint density at radius 2 is 1.79 bits per heavy atom. The molecule has 0 fully saturated rings. The van der Waals surface area contributed by atoms with Crippen molar-refractivity contribution in [2.24, 2.45) is 0 Å². The number of nitrogens with one attached hydrogen (secondary N) is 2. The minimum absolute atomic E-state index is 0.0321. The van der Waals surface area contributed by atoms with Crippen LogP contribution in [0.15, 0.2) is 80.1 Å². The van der Waals surface area contributed by atoms with Crippen molar-refractivity contribution in [2.75, 3.05) is 29.9 Å². The monoisotopic (exact) mass is 594 g/mol. The molecule has 1 heterocycles. The number of fused-ring (bicyclic) bond motifs is 1. The van der Waals surface area contributed by atoms with Crippen LogP contribution >= 0.6 is 23.4 Å². The van der Waals surface area contributed by atoms with E-state index in [1.807, 2.05) is 0 Å². The van der Waals surface area contributed by atoms with Gasteiger partial charge in [0.05, 0.1) is 26.3 Å². The molecule has 0 saturated carbocycles. The molecule has 0 spiro atoms. The van der Waals surface area contributed by atoms with Gasteiger partial charge in [-0.05, 0) is 55.0 Å². The molecule has 0 bridgehead atoms. The molecule has 4 aromatic rings. The lowest BCUT2D eigenvalue weighted by atomic mass is 10.2. The molecule has 0 aliphatic rings. The van der Waals surface area contributed by atoms with Crippen LogP contribution in [0.4, 0.5) is 11.4 Å². The SMILES string of the molecule is Cc1ccc(NC(=O)CSc2nc3cc(S(=O)(=O)Nc4ccccc4Cl)ccc3o2)cc1S(=O)(=O)N(C)C. The van der Waals surface area contributed by atoms with Gasteiger partial charge in [-0.2, -0.15) is 0 Å². The van der Waals surface area contributed by atoms with E-state index in [4.69, 9.17) is 16.0 Å². The van der Waals surface area contributed by atoms with Crippen LogP contribution in [0, 0.1) is 6.92 Å². The lowest BCUT2D eigenvalue weighted by Crippen LogP contribution is -2.23. The first-order chi connectivity index (χ1) is 17.9. The Bertz CT molecular complexity index is 1740. The second-order valence-electron chi connectivity index (χ2n) is 8.30. The number of thioether (sulfide) groups is 1. The second-order valence-corrected chi connectivity index (χ2v) is 13.4. The third-order valence-corrected chi connectivity index (χ3v) is 9.80. The number of oxazole rings is 1. The summed E-state index contributed by atoms with van der Waals surface area (Å²) in [6.07, 6.45) is 0. The molecule has 38 heavy (non-hydrogen) atoms. The first kappa shape index (κ1) is 27.9. The summed E-state index contributed by atoms with van der Waals surface area (Å²) in [5, 5.41) is 3.10. The number of rotatable bonds is 9. The third-order valence-electron chi connectivity index (χ3n) is 5.33. The standard InChI is InChI=1S/C24H23ClN4O6S3/c1-15-8-9-16(12-22(15)38(33,34)29(2)3)26-23(30)14-36-24-27-20-13-17(10-11-21(20)35-24)37(31,32)28-19-7-5-4-6-18(19)25/h4-13,28H,14H2,1-3H3,(H,26,30). The van der Waals surface area contributed by atoms with Crippen LogP contribution in [-0.4, -0.2) is 51.9 Å². The molecular formula is C24H23ClN4O6S3. The zero-order chi connectivity index (χ0) is 27.7. The number of nitrogens with zero attached hydrogens (tertiary/aromatic N) is 2. The van der Waals surface area contributed by atoms with E-state index in [9.17, 15) is 21.6 Å². The number of anilines is 2. The fourth-order valence-electron chi connectivity index (χ4n) is 3.34. The molecule has 0 aliphatic heterocycles. The number of sulfonamides is 2. The molecule has 0 radical (unpaired) electrons. The minimum atomic E-state index is -3.93. The van der Waals surface area contributed by atoms with Crippen LogP contribution < -0.4 is 10.0 Å². The van der Waals surface area contributed by atoms with Crippen molar-refractivity contribution in [1.82, 2.24) is 9.29 Å². The Morgan fingerprint density at radius 3 is 2.50 bits per heavy atom. The average Bonchev–Trinajstić information content (AvgIpc) is 3.27. The van der Waals surface area contributed by atoms with Crippen molar-refractivity contribution in [2.45, 2.75) is 21.9 Å². The number of para-hydroxylation sites is 1. The number of carbonyl (C=O) groups excluding carboxylic acids is 1.